The Kier molecular flexibility index (Phi) is 6.78. The molecular weight excluding hydrogens is 332 g/mol. The van der Waals surface area contributed by atoms with E-state index in [0.717, 1.165) is 5.56 Å². The molecule has 0 saturated heterocycles. The average Bonchev–Trinajstić information content (AvgIpc) is 2.38. The van der Waals surface area contributed by atoms with Crippen LogP contribution < -0.4 is 5.32 Å². The molecule has 0 saturated carbocycles. The molecule has 19 heavy (non-hydrogen) atoms. The van der Waals surface area contributed by atoms with Crippen LogP contribution in [0.5, 0.6) is 0 Å². The highest BCUT2D eigenvalue weighted by Gasteiger charge is 2.17. The van der Waals surface area contributed by atoms with E-state index in [9.17, 15) is 15.2 Å². The van der Waals surface area contributed by atoms with Crippen LogP contribution in [0.25, 0.3) is 0 Å². The summed E-state index contributed by atoms with van der Waals surface area (Å²) in [5.41, 5.74) is 0.898. The van der Waals surface area contributed by atoms with Crippen molar-refractivity contribution in [3.63, 3.8) is 0 Å². The number of hydrogen-bond acceptors (Lipinski definition) is 5. The third kappa shape index (κ3) is 4.45. The number of rotatable bonds is 7. The van der Waals surface area contributed by atoms with E-state index in [0.29, 0.717) is 11.0 Å². The molecule has 0 aliphatic carbocycles. The Balaban J connectivity index is 2.73. The monoisotopic (exact) mass is 348 g/mol. The van der Waals surface area contributed by atoms with Gasteiger partial charge in [0.1, 0.15) is 0 Å². The Morgan fingerprint density at radius 1 is 1.58 bits per heavy atom. The molecule has 1 aromatic carbocycles. The minimum Gasteiger partial charge on any atom is -0.395 e. The van der Waals surface area contributed by atoms with E-state index in [4.69, 9.17) is 0 Å². The van der Waals surface area contributed by atoms with Crippen LogP contribution in [-0.4, -0.2) is 34.2 Å². The Morgan fingerprint density at radius 3 is 2.79 bits per heavy atom. The van der Waals surface area contributed by atoms with E-state index < -0.39 is 4.92 Å². The Bertz CT molecular complexity index is 441. The van der Waals surface area contributed by atoms with Gasteiger partial charge in [-0.1, -0.05) is 12.1 Å². The summed E-state index contributed by atoms with van der Waals surface area (Å²) in [5, 5.41) is 23.4. The molecule has 0 spiro atoms. The number of halogens is 1. The quantitative estimate of drug-likeness (QED) is 0.585. The number of nitrogens with zero attached hydrogens (tertiary/aromatic N) is 1. The van der Waals surface area contributed by atoms with Crippen molar-refractivity contribution in [3.05, 3.63) is 38.3 Å². The number of nitro groups is 1. The van der Waals surface area contributed by atoms with Crippen molar-refractivity contribution in [2.75, 3.05) is 12.9 Å². The third-order valence-corrected chi connectivity index (χ3v) is 4.99. The molecule has 0 heterocycles. The molecule has 1 rings (SSSR count). The van der Waals surface area contributed by atoms with Gasteiger partial charge in [0.2, 0.25) is 0 Å². The molecule has 0 radical (unpaired) electrons. The van der Waals surface area contributed by atoms with Gasteiger partial charge in [-0.15, -0.1) is 0 Å². The summed E-state index contributed by atoms with van der Waals surface area (Å²) in [6, 6.07) is 5.09. The first kappa shape index (κ1) is 16.4. The van der Waals surface area contributed by atoms with Crippen molar-refractivity contribution < 1.29 is 10.0 Å². The number of aliphatic hydroxyl groups is 1. The zero-order chi connectivity index (χ0) is 14.4. The highest BCUT2D eigenvalue weighted by molar-refractivity contribution is 9.10. The van der Waals surface area contributed by atoms with E-state index in [-0.39, 0.29) is 23.6 Å². The molecule has 0 bridgehead atoms. The zero-order valence-electron chi connectivity index (χ0n) is 10.8. The highest BCUT2D eigenvalue weighted by atomic mass is 79.9. The van der Waals surface area contributed by atoms with Gasteiger partial charge in [-0.25, -0.2) is 0 Å². The molecule has 0 aromatic heterocycles. The molecule has 2 N–H and O–H groups in total. The van der Waals surface area contributed by atoms with Crippen LogP contribution in [0.1, 0.15) is 12.5 Å². The summed E-state index contributed by atoms with van der Waals surface area (Å²) in [4.78, 5) is 10.4. The van der Waals surface area contributed by atoms with E-state index in [1.54, 1.807) is 17.8 Å². The number of benzene rings is 1. The van der Waals surface area contributed by atoms with Crippen LogP contribution in [0, 0.1) is 10.1 Å². The first-order valence-electron chi connectivity index (χ1n) is 5.80. The lowest BCUT2D eigenvalue weighted by molar-refractivity contribution is -0.385. The Labute approximate surface area is 125 Å². The van der Waals surface area contributed by atoms with E-state index >= 15 is 0 Å². The number of hydrogen-bond donors (Lipinski definition) is 2. The molecule has 0 aliphatic rings. The number of nitro benzene ring substituents is 1. The maximum Gasteiger partial charge on any atom is 0.283 e. The molecule has 2 atom stereocenters. The summed E-state index contributed by atoms with van der Waals surface area (Å²) in [6.07, 6.45) is 1.95. The molecule has 0 fully saturated rings. The molecule has 1 aromatic rings. The number of nitrogens with one attached hydrogen (secondary N) is 1. The minimum absolute atomic E-state index is 0.0653. The van der Waals surface area contributed by atoms with Gasteiger partial charge in [0, 0.05) is 23.9 Å². The predicted octanol–water partition coefficient (Wildman–Crippen LogP) is 2.56. The summed E-state index contributed by atoms with van der Waals surface area (Å²) >= 11 is 4.86. The largest absolute Gasteiger partial charge is 0.395 e. The maximum absolute atomic E-state index is 10.8. The lowest BCUT2D eigenvalue weighted by atomic mass is 10.1. The number of thioether (sulfide) groups is 1. The highest BCUT2D eigenvalue weighted by Crippen LogP contribution is 2.28. The lowest BCUT2D eigenvalue weighted by Gasteiger charge is -2.21. The predicted molar refractivity (Wildman–Crippen MR) is 81.5 cm³/mol. The molecule has 2 unspecified atom stereocenters. The van der Waals surface area contributed by atoms with Gasteiger partial charge in [-0.3, -0.25) is 10.1 Å². The standard InChI is InChI=1S/C12H17BrN2O3S/c1-8(11(7-16)19-2)14-6-9-4-3-5-10(12(9)13)15(17)18/h3-5,8,11,14,16H,6-7H2,1-2H3. The smallest absolute Gasteiger partial charge is 0.283 e. The van der Waals surface area contributed by atoms with Gasteiger partial charge in [-0.05, 0) is 34.7 Å². The lowest BCUT2D eigenvalue weighted by Crippen LogP contribution is -2.37. The van der Waals surface area contributed by atoms with Gasteiger partial charge < -0.3 is 10.4 Å². The summed E-state index contributed by atoms with van der Waals surface area (Å²) in [7, 11) is 0. The normalized spacial score (nSPS) is 14.1. The second-order valence-corrected chi connectivity index (χ2v) is 6.00. The zero-order valence-corrected chi connectivity index (χ0v) is 13.2. The molecule has 0 amide bonds. The molecule has 0 aliphatic heterocycles. The van der Waals surface area contributed by atoms with Crippen LogP contribution in [0.3, 0.4) is 0 Å². The fourth-order valence-electron chi connectivity index (χ4n) is 1.68. The van der Waals surface area contributed by atoms with Crippen LogP contribution in [-0.2, 0) is 6.54 Å². The van der Waals surface area contributed by atoms with Crippen molar-refractivity contribution in [2.24, 2.45) is 0 Å². The second-order valence-electron chi connectivity index (χ2n) is 4.13. The van der Waals surface area contributed by atoms with Crippen molar-refractivity contribution in [3.8, 4) is 0 Å². The fourth-order valence-corrected chi connectivity index (χ4v) is 2.89. The fraction of sp³-hybridized carbons (Fsp3) is 0.500. The van der Waals surface area contributed by atoms with E-state index in [1.165, 1.54) is 6.07 Å². The van der Waals surface area contributed by atoms with Crippen molar-refractivity contribution >= 4 is 33.4 Å². The van der Waals surface area contributed by atoms with Gasteiger partial charge in [0.05, 0.1) is 16.0 Å². The number of aliphatic hydroxyl groups excluding tert-OH is 1. The van der Waals surface area contributed by atoms with Crippen LogP contribution in [0.2, 0.25) is 0 Å². The van der Waals surface area contributed by atoms with E-state index in [2.05, 4.69) is 21.2 Å². The molecular formula is C12H17BrN2O3S. The van der Waals surface area contributed by atoms with Gasteiger partial charge in [0.25, 0.3) is 5.69 Å². The molecule has 106 valence electrons. The summed E-state index contributed by atoms with van der Waals surface area (Å²) in [5.74, 6) is 0. The first-order chi connectivity index (χ1) is 9.01. The van der Waals surface area contributed by atoms with Gasteiger partial charge in [0.15, 0.2) is 0 Å². The summed E-state index contributed by atoms with van der Waals surface area (Å²) in [6.45, 7) is 2.61. The second kappa shape index (κ2) is 7.84. The van der Waals surface area contributed by atoms with Crippen molar-refractivity contribution in [1.29, 1.82) is 0 Å². The maximum atomic E-state index is 10.8. The average molecular weight is 349 g/mol. The van der Waals surface area contributed by atoms with Gasteiger partial charge >= 0.3 is 0 Å². The van der Waals surface area contributed by atoms with Crippen molar-refractivity contribution in [1.82, 2.24) is 5.32 Å². The summed E-state index contributed by atoms with van der Waals surface area (Å²) < 4.78 is 0.504. The van der Waals surface area contributed by atoms with E-state index in [1.807, 2.05) is 19.2 Å². The first-order valence-corrected chi connectivity index (χ1v) is 7.88. The van der Waals surface area contributed by atoms with Crippen LogP contribution >= 0.6 is 27.7 Å². The Morgan fingerprint density at radius 2 is 2.26 bits per heavy atom. The third-order valence-electron chi connectivity index (χ3n) is 2.91. The van der Waals surface area contributed by atoms with Gasteiger partial charge in [-0.2, -0.15) is 11.8 Å². The minimum atomic E-state index is -0.407. The van der Waals surface area contributed by atoms with Crippen molar-refractivity contribution in [2.45, 2.75) is 24.8 Å². The Hall–Kier alpha value is -0.630. The molecule has 5 nitrogen and oxygen atoms in total. The molecule has 7 heteroatoms. The SMILES string of the molecule is CSC(CO)C(C)NCc1cccc([N+](=O)[O-])c1Br. The van der Waals surface area contributed by atoms with Crippen LogP contribution in [0.15, 0.2) is 22.7 Å². The topological polar surface area (TPSA) is 75.4 Å². The van der Waals surface area contributed by atoms with Crippen LogP contribution in [0.4, 0.5) is 5.69 Å².